The second-order valence-electron chi connectivity index (χ2n) is 14.6. The maximum atomic E-state index is 4.72. The molecule has 0 saturated heterocycles. The highest BCUT2D eigenvalue weighted by Gasteiger charge is 2.19. The van der Waals surface area contributed by atoms with Crippen molar-refractivity contribution in [3.05, 3.63) is 194 Å². The molecule has 12 aromatic rings. The summed E-state index contributed by atoms with van der Waals surface area (Å²) in [7, 11) is 0. The molecule has 0 radical (unpaired) electrons. The standard InChI is InChI=1S/C53H32N2/c1-4-17-43-39(14-1)40-15-2-6-19-45(40)52-47-32-35(27-30-42(47)41-16-3-5-18-44(41)51(43)52)37-21-10-24-49-50(37)46-20-7-8-23-48(46)55(49)36-28-25-33(26-29-36)38-22-9-12-34-13-11-31-54-53(34)38/h1-32H. The first-order chi connectivity index (χ1) is 27.3. The Labute approximate surface area is 317 Å². The lowest BCUT2D eigenvalue weighted by atomic mass is 9.86. The molecule has 0 bridgehead atoms. The molecule has 0 aliphatic heterocycles. The number of nitrogens with zero attached hydrogens (tertiary/aromatic N) is 2. The number of pyridine rings is 1. The minimum Gasteiger partial charge on any atom is -0.309 e. The normalized spacial score (nSPS) is 12.0. The van der Waals surface area contributed by atoms with Gasteiger partial charge in [0, 0.05) is 33.6 Å². The maximum Gasteiger partial charge on any atom is 0.0780 e. The zero-order valence-corrected chi connectivity index (χ0v) is 29.9. The van der Waals surface area contributed by atoms with Gasteiger partial charge in [0.15, 0.2) is 0 Å². The largest absolute Gasteiger partial charge is 0.309 e. The van der Waals surface area contributed by atoms with Crippen molar-refractivity contribution in [3.8, 4) is 27.9 Å². The summed E-state index contributed by atoms with van der Waals surface area (Å²) in [6.07, 6.45) is 1.88. The van der Waals surface area contributed by atoms with E-state index in [1.807, 2.05) is 12.3 Å². The highest BCUT2D eigenvalue weighted by molar-refractivity contribution is 6.39. The van der Waals surface area contributed by atoms with Crippen molar-refractivity contribution in [3.63, 3.8) is 0 Å². The van der Waals surface area contributed by atoms with Gasteiger partial charge in [0.2, 0.25) is 0 Å². The van der Waals surface area contributed by atoms with Crippen molar-refractivity contribution in [2.24, 2.45) is 0 Å². The van der Waals surface area contributed by atoms with Crippen LogP contribution in [0.5, 0.6) is 0 Å². The zero-order chi connectivity index (χ0) is 36.0. The fourth-order valence-corrected chi connectivity index (χ4v) is 9.46. The van der Waals surface area contributed by atoms with Crippen molar-refractivity contribution in [1.29, 1.82) is 0 Å². The van der Waals surface area contributed by atoms with E-state index in [-0.39, 0.29) is 0 Å². The molecule has 0 aliphatic carbocycles. The van der Waals surface area contributed by atoms with Gasteiger partial charge in [0.25, 0.3) is 0 Å². The van der Waals surface area contributed by atoms with Crippen LogP contribution >= 0.6 is 0 Å². The molecule has 254 valence electrons. The summed E-state index contributed by atoms with van der Waals surface area (Å²) < 4.78 is 2.42. The highest BCUT2D eigenvalue weighted by Crippen LogP contribution is 2.46. The van der Waals surface area contributed by atoms with Gasteiger partial charge in [-0.2, -0.15) is 0 Å². The van der Waals surface area contributed by atoms with E-state index in [0.29, 0.717) is 0 Å². The van der Waals surface area contributed by atoms with Crippen LogP contribution in [0.15, 0.2) is 194 Å². The molecule has 0 N–H and O–H groups in total. The van der Waals surface area contributed by atoms with Crippen LogP contribution in [0.4, 0.5) is 0 Å². The number of rotatable bonds is 3. The Kier molecular flexibility index (Phi) is 6.37. The minimum absolute atomic E-state index is 1.02. The van der Waals surface area contributed by atoms with Crippen molar-refractivity contribution in [2.45, 2.75) is 0 Å². The molecule has 10 aromatic carbocycles. The molecule has 0 fully saturated rings. The minimum atomic E-state index is 1.02. The first-order valence-electron chi connectivity index (χ1n) is 19.0. The second kappa shape index (κ2) is 11.6. The van der Waals surface area contributed by atoms with Gasteiger partial charge in [-0.15, -0.1) is 0 Å². The molecule has 0 amide bonds. The van der Waals surface area contributed by atoms with E-state index in [4.69, 9.17) is 4.98 Å². The Balaban J connectivity index is 1.12. The van der Waals surface area contributed by atoms with Gasteiger partial charge in [-0.1, -0.05) is 152 Å². The SMILES string of the molecule is c1cnc2c(-c3ccc(-n4c5ccccc5c5c(-c6ccc7c8ccccc8c8c9ccccc9c9ccccc9c8c7c6)cccc54)cc3)cccc2c1. The summed E-state index contributed by atoms with van der Waals surface area (Å²) in [5.74, 6) is 0. The van der Waals surface area contributed by atoms with Crippen molar-refractivity contribution >= 4 is 86.6 Å². The van der Waals surface area contributed by atoms with Gasteiger partial charge in [-0.05, 0) is 107 Å². The first-order valence-corrected chi connectivity index (χ1v) is 19.0. The predicted octanol–water partition coefficient (Wildman–Crippen LogP) is 14.4. The third-order valence-corrected chi connectivity index (χ3v) is 11.8. The average Bonchev–Trinajstić information content (AvgIpc) is 3.60. The quantitative estimate of drug-likeness (QED) is 0.168. The molecule has 0 spiro atoms. The Morgan fingerprint density at radius 2 is 0.855 bits per heavy atom. The van der Waals surface area contributed by atoms with Crippen LogP contribution < -0.4 is 0 Å². The fraction of sp³-hybridized carbons (Fsp3) is 0. The number of fused-ring (bicyclic) bond motifs is 15. The monoisotopic (exact) mass is 696 g/mol. The van der Waals surface area contributed by atoms with E-state index in [0.717, 1.165) is 27.7 Å². The molecule has 2 nitrogen and oxygen atoms in total. The highest BCUT2D eigenvalue weighted by atomic mass is 15.0. The van der Waals surface area contributed by atoms with Crippen LogP contribution in [0.1, 0.15) is 0 Å². The van der Waals surface area contributed by atoms with Gasteiger partial charge in [-0.25, -0.2) is 0 Å². The topological polar surface area (TPSA) is 17.8 Å². The van der Waals surface area contributed by atoms with Crippen LogP contribution in [-0.2, 0) is 0 Å². The molecular weight excluding hydrogens is 665 g/mol. The predicted molar refractivity (Wildman–Crippen MR) is 234 cm³/mol. The summed E-state index contributed by atoms with van der Waals surface area (Å²) >= 11 is 0. The molecule has 0 saturated carbocycles. The molecular formula is C53H32N2. The lowest BCUT2D eigenvalue weighted by Gasteiger charge is -2.17. The van der Waals surface area contributed by atoms with Crippen molar-refractivity contribution < 1.29 is 0 Å². The summed E-state index contributed by atoms with van der Waals surface area (Å²) in [5, 5.41) is 16.6. The zero-order valence-electron chi connectivity index (χ0n) is 29.9. The number of hydrogen-bond donors (Lipinski definition) is 0. The van der Waals surface area contributed by atoms with Gasteiger partial charge in [-0.3, -0.25) is 4.98 Å². The van der Waals surface area contributed by atoms with E-state index in [1.54, 1.807) is 0 Å². The number of aromatic nitrogens is 2. The Hall–Kier alpha value is -7.29. The molecule has 2 heteroatoms. The van der Waals surface area contributed by atoms with Gasteiger partial charge in [0.1, 0.15) is 0 Å². The summed E-state index contributed by atoms with van der Waals surface area (Å²) in [6, 6.07) is 69.0. The Morgan fingerprint density at radius 3 is 1.56 bits per heavy atom. The molecule has 2 aromatic heterocycles. The lowest BCUT2D eigenvalue weighted by Crippen LogP contribution is -1.94. The van der Waals surface area contributed by atoms with E-state index in [9.17, 15) is 0 Å². The molecule has 2 heterocycles. The van der Waals surface area contributed by atoms with Crippen LogP contribution in [0.25, 0.3) is 115 Å². The maximum absolute atomic E-state index is 4.72. The van der Waals surface area contributed by atoms with E-state index in [1.165, 1.54) is 86.8 Å². The lowest BCUT2D eigenvalue weighted by molar-refractivity contribution is 1.18. The number of para-hydroxylation sites is 2. The van der Waals surface area contributed by atoms with Crippen LogP contribution in [-0.4, -0.2) is 9.55 Å². The van der Waals surface area contributed by atoms with E-state index in [2.05, 4.69) is 187 Å². The Bertz CT molecular complexity index is 3510. The van der Waals surface area contributed by atoms with Crippen LogP contribution in [0.2, 0.25) is 0 Å². The first kappa shape index (κ1) is 30.2. The number of hydrogen-bond acceptors (Lipinski definition) is 1. The van der Waals surface area contributed by atoms with Gasteiger partial charge in [0.05, 0.1) is 16.6 Å². The smallest absolute Gasteiger partial charge is 0.0780 e. The molecule has 55 heavy (non-hydrogen) atoms. The molecule has 0 atom stereocenters. The van der Waals surface area contributed by atoms with E-state index >= 15 is 0 Å². The van der Waals surface area contributed by atoms with Crippen LogP contribution in [0.3, 0.4) is 0 Å². The second-order valence-corrected chi connectivity index (χ2v) is 14.6. The van der Waals surface area contributed by atoms with Crippen molar-refractivity contribution in [1.82, 2.24) is 9.55 Å². The molecule has 0 unspecified atom stereocenters. The van der Waals surface area contributed by atoms with Crippen LogP contribution in [0, 0.1) is 0 Å². The van der Waals surface area contributed by atoms with Gasteiger partial charge < -0.3 is 4.57 Å². The number of benzene rings is 10. The van der Waals surface area contributed by atoms with Gasteiger partial charge >= 0.3 is 0 Å². The third kappa shape index (κ3) is 4.34. The van der Waals surface area contributed by atoms with E-state index < -0.39 is 0 Å². The summed E-state index contributed by atoms with van der Waals surface area (Å²) in [6.45, 7) is 0. The summed E-state index contributed by atoms with van der Waals surface area (Å²) in [5.41, 5.74) is 9.30. The third-order valence-electron chi connectivity index (χ3n) is 11.8. The Morgan fingerprint density at radius 1 is 0.327 bits per heavy atom. The fourth-order valence-electron chi connectivity index (χ4n) is 9.46. The average molecular weight is 697 g/mol. The molecule has 12 rings (SSSR count). The summed E-state index contributed by atoms with van der Waals surface area (Å²) in [4.78, 5) is 4.72. The van der Waals surface area contributed by atoms with Crippen molar-refractivity contribution in [2.75, 3.05) is 0 Å². The molecule has 0 aliphatic rings.